The van der Waals surface area contributed by atoms with Crippen molar-refractivity contribution >= 4 is 16.9 Å². The number of nitrogens with one attached hydrogen (secondary N) is 1. The molecule has 0 saturated heterocycles. The smallest absolute Gasteiger partial charge is 0.251 e. The van der Waals surface area contributed by atoms with E-state index in [1.54, 1.807) is 7.11 Å². The van der Waals surface area contributed by atoms with Crippen LogP contribution in [0.1, 0.15) is 48.3 Å². The highest BCUT2D eigenvalue weighted by atomic mass is 16.5. The number of benzene rings is 1. The van der Waals surface area contributed by atoms with Crippen molar-refractivity contribution in [2.75, 3.05) is 26.8 Å². The molecule has 2 aliphatic rings. The summed E-state index contributed by atoms with van der Waals surface area (Å²) < 4.78 is 7.46. The predicted octanol–water partition coefficient (Wildman–Crippen LogP) is 2.56. The van der Waals surface area contributed by atoms with Crippen LogP contribution in [0.25, 0.3) is 11.0 Å². The van der Waals surface area contributed by atoms with E-state index < -0.39 is 0 Å². The van der Waals surface area contributed by atoms with E-state index in [2.05, 4.69) is 14.8 Å². The summed E-state index contributed by atoms with van der Waals surface area (Å²) in [7, 11) is 1.74. The number of ether oxygens (including phenoxy) is 1. The summed E-state index contributed by atoms with van der Waals surface area (Å²) >= 11 is 0. The highest BCUT2D eigenvalue weighted by Crippen LogP contribution is 2.23. The minimum Gasteiger partial charge on any atom is -0.383 e. The Morgan fingerprint density at radius 2 is 2.12 bits per heavy atom. The third-order valence-electron chi connectivity index (χ3n) is 5.65. The average Bonchev–Trinajstić information content (AvgIpc) is 3.04. The highest BCUT2D eigenvalue weighted by molar-refractivity contribution is 5.97. The number of hydrogen-bond donors (Lipinski definition) is 1. The van der Waals surface area contributed by atoms with E-state index in [-0.39, 0.29) is 5.91 Å². The maximum absolute atomic E-state index is 12.6. The van der Waals surface area contributed by atoms with E-state index in [1.807, 2.05) is 18.2 Å². The van der Waals surface area contributed by atoms with Crippen molar-refractivity contribution in [1.29, 1.82) is 0 Å². The zero-order valence-corrected chi connectivity index (χ0v) is 15.5. The van der Waals surface area contributed by atoms with Crippen LogP contribution in [0.15, 0.2) is 18.2 Å². The summed E-state index contributed by atoms with van der Waals surface area (Å²) in [5.74, 6) is 1.11. The Labute approximate surface area is 154 Å². The number of methoxy groups -OCH3 is 1. The molecular weight excluding hydrogens is 328 g/mol. The number of carbonyl (C=O) groups excluding carboxylic acids is 1. The molecule has 6 nitrogen and oxygen atoms in total. The third-order valence-corrected chi connectivity index (χ3v) is 5.65. The molecule has 1 aliphatic heterocycles. The van der Waals surface area contributed by atoms with Crippen molar-refractivity contribution in [1.82, 2.24) is 19.8 Å². The van der Waals surface area contributed by atoms with Gasteiger partial charge in [-0.1, -0.05) is 19.3 Å². The standard InChI is InChI=1S/C20H28N4O2/c1-26-12-11-23-9-10-24-18-8-7-15(13-17(18)22-19(24)14-23)20(25)21-16-5-3-2-4-6-16/h7-8,13,16H,2-6,9-12,14H2,1H3,(H,21,25). The van der Waals surface area contributed by atoms with Crippen molar-refractivity contribution in [2.45, 2.75) is 51.2 Å². The van der Waals surface area contributed by atoms with Crippen molar-refractivity contribution < 1.29 is 9.53 Å². The Bertz CT molecular complexity index is 779. The number of carbonyl (C=O) groups is 1. The molecule has 0 bridgehead atoms. The van der Waals surface area contributed by atoms with Crippen molar-refractivity contribution in [2.24, 2.45) is 0 Å². The summed E-state index contributed by atoms with van der Waals surface area (Å²) in [5.41, 5.74) is 2.76. The van der Waals surface area contributed by atoms with Crippen LogP contribution in [0.2, 0.25) is 0 Å². The molecule has 26 heavy (non-hydrogen) atoms. The first-order chi connectivity index (χ1) is 12.7. The largest absolute Gasteiger partial charge is 0.383 e. The molecule has 0 spiro atoms. The fourth-order valence-electron chi connectivity index (χ4n) is 4.14. The second-order valence-corrected chi connectivity index (χ2v) is 7.46. The molecule has 1 fully saturated rings. The molecular formula is C20H28N4O2. The molecule has 1 amide bonds. The first-order valence-electron chi connectivity index (χ1n) is 9.76. The molecule has 6 heteroatoms. The van der Waals surface area contributed by atoms with Crippen molar-refractivity contribution in [3.05, 3.63) is 29.6 Å². The molecule has 4 rings (SSSR count). The van der Waals surface area contributed by atoms with Gasteiger partial charge in [-0.25, -0.2) is 4.98 Å². The molecule has 1 aromatic heterocycles. The van der Waals surface area contributed by atoms with Gasteiger partial charge in [0.05, 0.1) is 24.2 Å². The molecule has 1 N–H and O–H groups in total. The SMILES string of the molecule is COCCN1CCn2c(nc3cc(C(=O)NC4CCCCC4)ccc32)C1. The van der Waals surface area contributed by atoms with Crippen LogP contribution in [0.4, 0.5) is 0 Å². The fourth-order valence-corrected chi connectivity index (χ4v) is 4.14. The lowest BCUT2D eigenvalue weighted by molar-refractivity contribution is 0.0928. The number of amides is 1. The average molecular weight is 356 g/mol. The summed E-state index contributed by atoms with van der Waals surface area (Å²) in [5, 5.41) is 3.20. The third kappa shape index (κ3) is 3.62. The Hall–Kier alpha value is -1.92. The van der Waals surface area contributed by atoms with Crippen LogP contribution >= 0.6 is 0 Å². The number of imidazole rings is 1. The molecule has 1 saturated carbocycles. The Kier molecular flexibility index (Phi) is 5.22. The number of rotatable bonds is 5. The van der Waals surface area contributed by atoms with E-state index >= 15 is 0 Å². The van der Waals surface area contributed by atoms with Gasteiger partial charge in [0.25, 0.3) is 5.91 Å². The lowest BCUT2D eigenvalue weighted by Crippen LogP contribution is -2.36. The molecule has 0 unspecified atom stereocenters. The maximum atomic E-state index is 12.6. The molecule has 2 heterocycles. The lowest BCUT2D eigenvalue weighted by Gasteiger charge is -2.27. The highest BCUT2D eigenvalue weighted by Gasteiger charge is 2.21. The number of hydrogen-bond acceptors (Lipinski definition) is 4. The minimum absolute atomic E-state index is 0.0338. The maximum Gasteiger partial charge on any atom is 0.251 e. The second kappa shape index (κ2) is 7.76. The summed E-state index contributed by atoms with van der Waals surface area (Å²) in [6, 6.07) is 6.26. The summed E-state index contributed by atoms with van der Waals surface area (Å²) in [6.45, 7) is 4.44. The number of aromatic nitrogens is 2. The Balaban J connectivity index is 1.50. The van der Waals surface area contributed by atoms with Gasteiger partial charge in [0.15, 0.2) is 0 Å². The topological polar surface area (TPSA) is 59.4 Å². The van der Waals surface area contributed by atoms with Gasteiger partial charge < -0.3 is 14.6 Å². The van der Waals surface area contributed by atoms with Gasteiger partial charge in [0, 0.05) is 38.3 Å². The van der Waals surface area contributed by atoms with Gasteiger partial charge in [-0.15, -0.1) is 0 Å². The van der Waals surface area contributed by atoms with Gasteiger partial charge in [0.2, 0.25) is 0 Å². The van der Waals surface area contributed by atoms with Gasteiger partial charge >= 0.3 is 0 Å². The van der Waals surface area contributed by atoms with Crippen molar-refractivity contribution in [3.8, 4) is 0 Å². The summed E-state index contributed by atoms with van der Waals surface area (Å²) in [6.07, 6.45) is 5.93. The first kappa shape index (κ1) is 17.5. The van der Waals surface area contributed by atoms with Crippen LogP contribution in [-0.2, 0) is 17.8 Å². The molecule has 0 radical (unpaired) electrons. The normalized spacial score (nSPS) is 18.8. The van der Waals surface area contributed by atoms with E-state index in [0.29, 0.717) is 6.04 Å². The molecule has 0 atom stereocenters. The van der Waals surface area contributed by atoms with E-state index in [1.165, 1.54) is 19.3 Å². The first-order valence-corrected chi connectivity index (χ1v) is 9.76. The van der Waals surface area contributed by atoms with Crippen molar-refractivity contribution in [3.63, 3.8) is 0 Å². The van der Waals surface area contributed by atoms with Crippen LogP contribution in [0.3, 0.4) is 0 Å². The molecule has 1 aromatic carbocycles. The van der Waals surface area contributed by atoms with Crippen LogP contribution in [0, 0.1) is 0 Å². The monoisotopic (exact) mass is 356 g/mol. The molecule has 2 aromatic rings. The van der Waals surface area contributed by atoms with E-state index in [0.717, 1.165) is 68.0 Å². The Morgan fingerprint density at radius 1 is 1.27 bits per heavy atom. The zero-order chi connectivity index (χ0) is 17.9. The van der Waals surface area contributed by atoms with Crippen LogP contribution in [-0.4, -0.2) is 53.2 Å². The molecule has 140 valence electrons. The van der Waals surface area contributed by atoms with Gasteiger partial charge in [-0.2, -0.15) is 0 Å². The quantitative estimate of drug-likeness (QED) is 0.894. The molecule has 1 aliphatic carbocycles. The summed E-state index contributed by atoms with van der Waals surface area (Å²) in [4.78, 5) is 19.8. The number of nitrogens with zero attached hydrogens (tertiary/aromatic N) is 3. The zero-order valence-electron chi connectivity index (χ0n) is 15.5. The Morgan fingerprint density at radius 3 is 2.92 bits per heavy atom. The van der Waals surface area contributed by atoms with Crippen LogP contribution in [0.5, 0.6) is 0 Å². The fraction of sp³-hybridized carbons (Fsp3) is 0.600. The second-order valence-electron chi connectivity index (χ2n) is 7.46. The van der Waals surface area contributed by atoms with E-state index in [4.69, 9.17) is 9.72 Å². The van der Waals surface area contributed by atoms with Gasteiger partial charge in [0.1, 0.15) is 5.82 Å². The van der Waals surface area contributed by atoms with Gasteiger partial charge in [-0.3, -0.25) is 9.69 Å². The lowest BCUT2D eigenvalue weighted by atomic mass is 9.95. The number of fused-ring (bicyclic) bond motifs is 3. The van der Waals surface area contributed by atoms with E-state index in [9.17, 15) is 4.79 Å². The predicted molar refractivity (Wildman–Crippen MR) is 101 cm³/mol. The minimum atomic E-state index is 0.0338. The van der Waals surface area contributed by atoms with Crippen LogP contribution < -0.4 is 5.32 Å². The van der Waals surface area contributed by atoms with Gasteiger partial charge in [-0.05, 0) is 31.0 Å².